The number of methoxy groups -OCH3 is 1. The maximum absolute atomic E-state index is 12.2. The van der Waals surface area contributed by atoms with Crippen LogP contribution >= 0.6 is 0 Å². The zero-order valence-corrected chi connectivity index (χ0v) is 15.5. The Morgan fingerprint density at radius 2 is 1.96 bits per heavy atom. The summed E-state index contributed by atoms with van der Waals surface area (Å²) in [6, 6.07) is 6.36. The summed E-state index contributed by atoms with van der Waals surface area (Å²) in [4.78, 5) is 13.9. The van der Waals surface area contributed by atoms with Crippen molar-refractivity contribution in [2.45, 2.75) is 39.3 Å². The molecule has 0 bridgehead atoms. The molecule has 1 aromatic carbocycles. The topological polar surface area (TPSA) is 60.0 Å². The summed E-state index contributed by atoms with van der Waals surface area (Å²) < 4.78 is 16.4. The van der Waals surface area contributed by atoms with Crippen LogP contribution in [0.25, 0.3) is 0 Å². The molecule has 2 rings (SSSR count). The lowest BCUT2D eigenvalue weighted by Crippen LogP contribution is -2.43. The van der Waals surface area contributed by atoms with Gasteiger partial charge >= 0.3 is 0 Å². The summed E-state index contributed by atoms with van der Waals surface area (Å²) in [6.07, 6.45) is 2.22. The number of ether oxygens (including phenoxy) is 3. The van der Waals surface area contributed by atoms with E-state index in [0.29, 0.717) is 43.8 Å². The third kappa shape index (κ3) is 5.90. The maximum atomic E-state index is 12.2. The summed E-state index contributed by atoms with van der Waals surface area (Å²) in [5, 5.41) is 3.53. The van der Waals surface area contributed by atoms with Crippen LogP contribution in [-0.4, -0.2) is 56.9 Å². The van der Waals surface area contributed by atoms with Crippen molar-refractivity contribution in [3.8, 4) is 11.5 Å². The summed E-state index contributed by atoms with van der Waals surface area (Å²) in [5.74, 6) is 1.22. The van der Waals surface area contributed by atoms with E-state index >= 15 is 0 Å². The van der Waals surface area contributed by atoms with Crippen LogP contribution in [0.4, 0.5) is 0 Å². The van der Waals surface area contributed by atoms with Gasteiger partial charge in [0, 0.05) is 25.7 Å². The highest BCUT2D eigenvalue weighted by Gasteiger charge is 2.18. The van der Waals surface area contributed by atoms with Gasteiger partial charge in [0.15, 0.2) is 18.1 Å². The monoisotopic (exact) mass is 350 g/mol. The second kappa shape index (κ2) is 10.3. The first-order chi connectivity index (χ1) is 12.2. The number of nitrogens with one attached hydrogen (secondary N) is 1. The third-order valence-electron chi connectivity index (χ3n) is 4.52. The van der Waals surface area contributed by atoms with E-state index in [1.54, 1.807) is 12.0 Å². The van der Waals surface area contributed by atoms with Crippen molar-refractivity contribution in [1.29, 1.82) is 0 Å². The molecule has 0 radical (unpaired) electrons. The highest BCUT2D eigenvalue weighted by molar-refractivity contribution is 5.78. The smallest absolute Gasteiger partial charge is 0.260 e. The molecule has 1 N–H and O–H groups in total. The van der Waals surface area contributed by atoms with Crippen LogP contribution in [0.2, 0.25) is 0 Å². The predicted molar refractivity (Wildman–Crippen MR) is 97.1 cm³/mol. The zero-order chi connectivity index (χ0) is 18.1. The Hall–Kier alpha value is -1.79. The highest BCUT2D eigenvalue weighted by Crippen LogP contribution is 2.28. The van der Waals surface area contributed by atoms with Crippen LogP contribution in [0.15, 0.2) is 18.2 Å². The van der Waals surface area contributed by atoms with Crippen molar-refractivity contribution < 1.29 is 19.0 Å². The summed E-state index contributed by atoms with van der Waals surface area (Å²) in [7, 11) is 1.62. The van der Waals surface area contributed by atoms with Crippen LogP contribution in [0, 0.1) is 0 Å². The molecule has 1 heterocycles. The van der Waals surface area contributed by atoms with E-state index in [9.17, 15) is 4.79 Å². The lowest BCUT2D eigenvalue weighted by molar-refractivity contribution is -0.137. The molecular weight excluding hydrogens is 320 g/mol. The molecule has 0 aliphatic carbocycles. The Balaban J connectivity index is 1.90. The molecule has 1 aliphatic heterocycles. The van der Waals surface area contributed by atoms with E-state index in [1.807, 2.05) is 18.2 Å². The van der Waals surface area contributed by atoms with Crippen molar-refractivity contribution in [2.75, 3.05) is 40.0 Å². The van der Waals surface area contributed by atoms with Crippen LogP contribution in [-0.2, 0) is 16.1 Å². The van der Waals surface area contributed by atoms with Gasteiger partial charge in [-0.2, -0.15) is 0 Å². The molecule has 25 heavy (non-hydrogen) atoms. The quantitative estimate of drug-likeness (QED) is 0.740. The number of rotatable bonds is 9. The average molecular weight is 350 g/mol. The van der Waals surface area contributed by atoms with Gasteiger partial charge in [0.25, 0.3) is 5.91 Å². The maximum Gasteiger partial charge on any atom is 0.260 e. The number of hydrogen-bond acceptors (Lipinski definition) is 5. The molecule has 6 heteroatoms. The van der Waals surface area contributed by atoms with Crippen molar-refractivity contribution in [3.05, 3.63) is 23.8 Å². The van der Waals surface area contributed by atoms with Gasteiger partial charge in [0.05, 0.1) is 20.3 Å². The van der Waals surface area contributed by atoms with Gasteiger partial charge in [0.2, 0.25) is 0 Å². The Labute approximate surface area is 150 Å². The first-order valence-electron chi connectivity index (χ1n) is 9.06. The molecule has 0 atom stereocenters. The highest BCUT2D eigenvalue weighted by atomic mass is 16.5. The lowest BCUT2D eigenvalue weighted by atomic mass is 10.1. The normalized spacial score (nSPS) is 14.6. The van der Waals surface area contributed by atoms with E-state index in [1.165, 1.54) is 0 Å². The Kier molecular flexibility index (Phi) is 8.01. The minimum Gasteiger partial charge on any atom is -0.493 e. The second-order valence-electron chi connectivity index (χ2n) is 6.16. The predicted octanol–water partition coefficient (Wildman–Crippen LogP) is 2.21. The number of morpholine rings is 1. The van der Waals surface area contributed by atoms with Crippen molar-refractivity contribution in [1.82, 2.24) is 10.2 Å². The van der Waals surface area contributed by atoms with E-state index in [-0.39, 0.29) is 12.5 Å². The molecule has 1 fully saturated rings. The number of benzene rings is 1. The van der Waals surface area contributed by atoms with Gasteiger partial charge in [-0.25, -0.2) is 0 Å². The minimum absolute atomic E-state index is 0.0156. The first kappa shape index (κ1) is 19.5. The van der Waals surface area contributed by atoms with Gasteiger partial charge in [-0.3, -0.25) is 4.79 Å². The van der Waals surface area contributed by atoms with E-state index in [2.05, 4.69) is 19.2 Å². The molecular formula is C19H30N2O4. The number of carbonyl (C=O) groups excluding carboxylic acids is 1. The van der Waals surface area contributed by atoms with Crippen LogP contribution < -0.4 is 14.8 Å². The zero-order valence-electron chi connectivity index (χ0n) is 15.5. The van der Waals surface area contributed by atoms with Crippen LogP contribution in [0.3, 0.4) is 0 Å². The summed E-state index contributed by atoms with van der Waals surface area (Å²) >= 11 is 0. The van der Waals surface area contributed by atoms with Gasteiger partial charge in [0.1, 0.15) is 0 Å². The lowest BCUT2D eigenvalue weighted by Gasteiger charge is -2.26. The molecule has 1 saturated heterocycles. The van der Waals surface area contributed by atoms with Crippen LogP contribution in [0.1, 0.15) is 32.3 Å². The Morgan fingerprint density at radius 3 is 2.60 bits per heavy atom. The molecule has 1 aliphatic rings. The Bertz CT molecular complexity index is 540. The average Bonchev–Trinajstić information content (AvgIpc) is 2.67. The fraction of sp³-hybridized carbons (Fsp3) is 0.632. The molecule has 0 spiro atoms. The molecule has 0 unspecified atom stereocenters. The van der Waals surface area contributed by atoms with Crippen molar-refractivity contribution >= 4 is 5.91 Å². The van der Waals surface area contributed by atoms with Crippen molar-refractivity contribution in [2.24, 2.45) is 0 Å². The number of nitrogens with zero attached hydrogens (tertiary/aromatic N) is 1. The number of hydrogen-bond donors (Lipinski definition) is 1. The minimum atomic E-state index is -0.0233. The summed E-state index contributed by atoms with van der Waals surface area (Å²) in [6.45, 7) is 7.60. The van der Waals surface area contributed by atoms with E-state index < -0.39 is 0 Å². The fourth-order valence-electron chi connectivity index (χ4n) is 2.82. The fourth-order valence-corrected chi connectivity index (χ4v) is 2.82. The standard InChI is InChI=1S/C19H30N2O4/c1-4-16(5-2)20-13-15-6-7-17(18(12-15)23-3)25-14-19(22)21-8-10-24-11-9-21/h6-7,12,16,20H,4-5,8-11,13-14H2,1-3H3. The Morgan fingerprint density at radius 1 is 1.24 bits per heavy atom. The third-order valence-corrected chi connectivity index (χ3v) is 4.52. The first-order valence-corrected chi connectivity index (χ1v) is 9.06. The van der Waals surface area contributed by atoms with Gasteiger partial charge < -0.3 is 24.4 Å². The van der Waals surface area contributed by atoms with Gasteiger partial charge in [-0.15, -0.1) is 0 Å². The summed E-state index contributed by atoms with van der Waals surface area (Å²) in [5.41, 5.74) is 1.13. The molecule has 1 amide bonds. The largest absolute Gasteiger partial charge is 0.493 e. The van der Waals surface area contributed by atoms with Gasteiger partial charge in [-0.1, -0.05) is 19.9 Å². The molecule has 1 aromatic rings. The molecule has 140 valence electrons. The van der Waals surface area contributed by atoms with Crippen molar-refractivity contribution in [3.63, 3.8) is 0 Å². The molecule has 0 aromatic heterocycles. The molecule has 0 saturated carbocycles. The molecule has 6 nitrogen and oxygen atoms in total. The van der Waals surface area contributed by atoms with Gasteiger partial charge in [-0.05, 0) is 30.5 Å². The number of carbonyl (C=O) groups is 1. The van der Waals surface area contributed by atoms with Crippen LogP contribution in [0.5, 0.6) is 11.5 Å². The van der Waals surface area contributed by atoms with E-state index in [0.717, 1.165) is 24.9 Å². The SMILES string of the molecule is CCC(CC)NCc1ccc(OCC(=O)N2CCOCC2)c(OC)c1. The number of amides is 1. The second-order valence-corrected chi connectivity index (χ2v) is 6.16. The van der Waals surface area contributed by atoms with E-state index in [4.69, 9.17) is 14.2 Å².